The fraction of sp³-hybridized carbons (Fsp3) is 0.308. The van der Waals surface area contributed by atoms with Gasteiger partial charge in [-0.3, -0.25) is 0 Å². The maximum atomic E-state index is 12.5. The van der Waals surface area contributed by atoms with Gasteiger partial charge in [0.2, 0.25) is 0 Å². The van der Waals surface area contributed by atoms with E-state index in [1.54, 1.807) is 0 Å². The van der Waals surface area contributed by atoms with E-state index in [4.69, 9.17) is 0 Å². The molecule has 0 saturated carbocycles. The van der Waals surface area contributed by atoms with Gasteiger partial charge in [0.15, 0.2) is 0 Å². The Bertz CT molecular complexity index is 1020. The van der Waals surface area contributed by atoms with Crippen molar-refractivity contribution < 1.29 is 76.3 Å². The third-order valence-corrected chi connectivity index (χ3v) is 4.78. The lowest BCUT2D eigenvalue weighted by Gasteiger charge is -2.11. The molecule has 0 N–H and O–H groups in total. The third-order valence-electron chi connectivity index (χ3n) is 4.78. The smallest absolute Gasteiger partial charge is 0.345 e. The van der Waals surface area contributed by atoms with Crippen molar-refractivity contribution in [2.45, 2.75) is 0 Å². The van der Waals surface area contributed by atoms with Gasteiger partial charge in [0.1, 0.15) is 22.3 Å². The number of rotatable bonds is 12. The van der Waals surface area contributed by atoms with E-state index in [1.165, 1.54) is 0 Å². The largest absolute Gasteiger partial charge is 0.465 e. The highest BCUT2D eigenvalue weighted by Crippen LogP contribution is 2.22. The summed E-state index contributed by atoms with van der Waals surface area (Å²) in [5.74, 6) is -10.3. The van der Waals surface area contributed by atoms with E-state index in [0.717, 1.165) is 56.9 Å². The van der Waals surface area contributed by atoms with Gasteiger partial charge in [0.05, 0.1) is 56.9 Å². The average molecular weight is 596 g/mol. The molecule has 0 aliphatic rings. The molecule has 0 rings (SSSR count). The number of hydrogen-bond acceptors (Lipinski definition) is 16. The van der Waals surface area contributed by atoms with Crippen molar-refractivity contribution in [3.63, 3.8) is 0 Å². The third kappa shape index (κ3) is 9.89. The monoisotopic (exact) mass is 596 g/mol. The first-order valence-corrected chi connectivity index (χ1v) is 11.1. The molecule has 0 aliphatic heterocycles. The highest BCUT2D eigenvalue weighted by atomic mass is 16.6. The fourth-order valence-corrected chi connectivity index (χ4v) is 2.72. The lowest BCUT2D eigenvalue weighted by atomic mass is 9.97. The molecule has 0 amide bonds. The SMILES string of the molecule is COC(=O)C(=CC(C=C(C(=O)OC)C(=O)OC)=C(C=C(C(=O)OC)C(=O)OC)C=C(C(=O)OC)C(=O)OC)C(=O)OC. The molecule has 0 bridgehead atoms. The Labute approximate surface area is 239 Å². The van der Waals surface area contributed by atoms with Crippen molar-refractivity contribution in [1.82, 2.24) is 0 Å². The molecule has 0 spiro atoms. The fourth-order valence-electron chi connectivity index (χ4n) is 2.72. The van der Waals surface area contributed by atoms with Crippen LogP contribution in [0.5, 0.6) is 0 Å². The molecule has 228 valence electrons. The number of ether oxygens (including phenoxy) is 8. The first-order chi connectivity index (χ1) is 19.8. The molecule has 0 unspecified atom stereocenters. The summed E-state index contributed by atoms with van der Waals surface area (Å²) in [6.45, 7) is 0. The molecule has 0 atom stereocenters. The van der Waals surface area contributed by atoms with Crippen LogP contribution in [0.25, 0.3) is 0 Å². The normalized spacial score (nSPS) is 9.24. The van der Waals surface area contributed by atoms with Gasteiger partial charge in [0.25, 0.3) is 0 Å². The standard InChI is InChI=1S/C26H28O16/c1-35-19(27)15(20(28)36-2)9-13(10-16(21(29)37-3)22(30)38-4)14(11-17(23(31)39-5)24(32)40-6)12-18(25(33)41-7)26(34)42-8/h9-12H,1-8H3. The Hall–Kier alpha value is -5.54. The molecule has 0 radical (unpaired) electrons. The summed E-state index contributed by atoms with van der Waals surface area (Å²) in [6.07, 6.45) is 2.74. The molecule has 0 aromatic carbocycles. The van der Waals surface area contributed by atoms with Crippen LogP contribution in [0.3, 0.4) is 0 Å². The summed E-state index contributed by atoms with van der Waals surface area (Å²) in [5, 5.41) is 0. The van der Waals surface area contributed by atoms with Crippen LogP contribution in [0.15, 0.2) is 57.7 Å². The number of carbonyl (C=O) groups excluding carboxylic acids is 8. The zero-order chi connectivity index (χ0) is 32.6. The van der Waals surface area contributed by atoms with E-state index in [9.17, 15) is 38.4 Å². The Morgan fingerprint density at radius 3 is 0.500 bits per heavy atom. The van der Waals surface area contributed by atoms with Crippen LogP contribution in [0.2, 0.25) is 0 Å². The maximum Gasteiger partial charge on any atom is 0.345 e. The van der Waals surface area contributed by atoms with Crippen LogP contribution >= 0.6 is 0 Å². The molecule has 42 heavy (non-hydrogen) atoms. The molecule has 0 heterocycles. The molecule has 16 heteroatoms. The van der Waals surface area contributed by atoms with Crippen LogP contribution in [0, 0.1) is 0 Å². The number of hydrogen-bond donors (Lipinski definition) is 0. The number of allylic oxidation sites excluding steroid dienone is 6. The number of methoxy groups -OCH3 is 8. The van der Waals surface area contributed by atoms with E-state index < -0.39 is 81.2 Å². The second-order valence-corrected chi connectivity index (χ2v) is 7.08. The number of carbonyl (C=O) groups is 8. The van der Waals surface area contributed by atoms with Crippen molar-refractivity contribution in [3.05, 3.63) is 57.7 Å². The first kappa shape index (κ1) is 36.5. The molecular formula is C26H28O16. The average Bonchev–Trinajstić information content (AvgIpc) is 3.02. The van der Waals surface area contributed by atoms with Gasteiger partial charge >= 0.3 is 47.8 Å². The van der Waals surface area contributed by atoms with Gasteiger partial charge in [-0.15, -0.1) is 0 Å². The van der Waals surface area contributed by atoms with E-state index in [2.05, 4.69) is 37.9 Å². The lowest BCUT2D eigenvalue weighted by molar-refractivity contribution is -0.145. The van der Waals surface area contributed by atoms with Crippen molar-refractivity contribution >= 4 is 47.8 Å². The van der Waals surface area contributed by atoms with Gasteiger partial charge in [-0.2, -0.15) is 0 Å². The maximum absolute atomic E-state index is 12.5. The van der Waals surface area contributed by atoms with Gasteiger partial charge < -0.3 is 37.9 Å². The summed E-state index contributed by atoms with van der Waals surface area (Å²) < 4.78 is 36.6. The van der Waals surface area contributed by atoms with Crippen LogP contribution in [0.1, 0.15) is 0 Å². The van der Waals surface area contributed by atoms with Crippen molar-refractivity contribution in [2.75, 3.05) is 56.9 Å². The number of esters is 8. The van der Waals surface area contributed by atoms with E-state index in [0.29, 0.717) is 24.3 Å². The molecule has 0 fully saturated rings. The predicted octanol–water partition coefficient (Wildman–Crippen LogP) is -0.627. The zero-order valence-electron chi connectivity index (χ0n) is 23.8. The second kappa shape index (κ2) is 17.9. The van der Waals surface area contributed by atoms with Crippen LogP contribution < -0.4 is 0 Å². The Balaban J connectivity index is 8.79. The highest BCUT2D eigenvalue weighted by Gasteiger charge is 2.27. The van der Waals surface area contributed by atoms with Crippen molar-refractivity contribution in [1.29, 1.82) is 0 Å². The lowest BCUT2D eigenvalue weighted by Crippen LogP contribution is -2.19. The Morgan fingerprint density at radius 1 is 0.286 bits per heavy atom. The van der Waals surface area contributed by atoms with Crippen molar-refractivity contribution in [3.8, 4) is 0 Å². The molecular weight excluding hydrogens is 568 g/mol. The molecule has 16 nitrogen and oxygen atoms in total. The summed E-state index contributed by atoms with van der Waals surface area (Å²) in [5.41, 5.74) is -4.63. The molecule has 0 aromatic heterocycles. The van der Waals surface area contributed by atoms with E-state index >= 15 is 0 Å². The summed E-state index contributed by atoms with van der Waals surface area (Å²) in [6, 6.07) is 0. The quantitative estimate of drug-likeness (QED) is 0.0685. The van der Waals surface area contributed by atoms with Crippen LogP contribution in [0.4, 0.5) is 0 Å². The van der Waals surface area contributed by atoms with Crippen LogP contribution in [-0.2, 0) is 76.3 Å². The minimum Gasteiger partial charge on any atom is -0.465 e. The summed E-state index contributed by atoms with van der Waals surface area (Å²) in [4.78, 5) is 99.6. The molecule has 0 aliphatic carbocycles. The minimum absolute atomic E-state index is 0.581. The van der Waals surface area contributed by atoms with Gasteiger partial charge in [-0.05, 0) is 35.5 Å². The van der Waals surface area contributed by atoms with Gasteiger partial charge in [0, 0.05) is 0 Å². The molecule has 0 aromatic rings. The predicted molar refractivity (Wildman–Crippen MR) is 135 cm³/mol. The second-order valence-electron chi connectivity index (χ2n) is 7.08. The van der Waals surface area contributed by atoms with Crippen LogP contribution in [-0.4, -0.2) is 105 Å². The van der Waals surface area contributed by atoms with Gasteiger partial charge in [-0.1, -0.05) is 0 Å². The minimum atomic E-state index is -1.29. The summed E-state index contributed by atoms with van der Waals surface area (Å²) >= 11 is 0. The summed E-state index contributed by atoms with van der Waals surface area (Å²) in [7, 11) is 7.27. The topological polar surface area (TPSA) is 210 Å². The van der Waals surface area contributed by atoms with E-state index in [-0.39, 0.29) is 0 Å². The zero-order valence-corrected chi connectivity index (χ0v) is 23.8. The van der Waals surface area contributed by atoms with E-state index in [1.807, 2.05) is 0 Å². The Kier molecular flexibility index (Phi) is 15.6. The molecule has 0 saturated heterocycles. The Morgan fingerprint density at radius 2 is 0.405 bits per heavy atom. The first-order valence-electron chi connectivity index (χ1n) is 11.1. The van der Waals surface area contributed by atoms with Gasteiger partial charge in [-0.25, -0.2) is 38.4 Å². The van der Waals surface area contributed by atoms with Crippen molar-refractivity contribution in [2.24, 2.45) is 0 Å². The highest BCUT2D eigenvalue weighted by molar-refractivity contribution is 6.18.